The maximum atomic E-state index is 13.1. The Kier molecular flexibility index (Phi) is 6.57. The third kappa shape index (κ3) is 3.88. The average molecular weight is 390 g/mol. The van der Waals surface area contributed by atoms with Gasteiger partial charge in [-0.3, -0.25) is 4.79 Å². The second-order valence-corrected chi connectivity index (χ2v) is 7.12. The van der Waals surface area contributed by atoms with Gasteiger partial charge in [0.2, 0.25) is 0 Å². The number of likely N-dealkylation sites (tertiary alicyclic amines) is 1. The van der Waals surface area contributed by atoms with Gasteiger partial charge in [0, 0.05) is 19.1 Å². The van der Waals surface area contributed by atoms with Crippen LogP contribution in [0.2, 0.25) is 4.47 Å². The van der Waals surface area contributed by atoms with Gasteiger partial charge in [-0.2, -0.15) is 0 Å². The molecule has 2 N–H and O–H groups in total. The van der Waals surface area contributed by atoms with Gasteiger partial charge in [0.25, 0.3) is 5.91 Å². The van der Waals surface area contributed by atoms with Gasteiger partial charge in [0.15, 0.2) is 4.47 Å². The first-order chi connectivity index (χ1) is 11.1. The lowest BCUT2D eigenvalue weighted by molar-refractivity contribution is 0.0619. The molecule has 1 aliphatic rings. The minimum atomic E-state index is -0.323. The Morgan fingerprint density at radius 3 is 2.75 bits per heavy atom. The summed E-state index contributed by atoms with van der Waals surface area (Å²) in [6.07, 6.45) is 2.95. The molecular weight excluding hydrogens is 372 g/mol. The summed E-state index contributed by atoms with van der Waals surface area (Å²) < 4.78 is 13.4. The molecule has 0 aliphatic carbocycles. The van der Waals surface area contributed by atoms with Gasteiger partial charge in [0.1, 0.15) is 11.5 Å². The summed E-state index contributed by atoms with van der Waals surface area (Å²) >= 11 is 7.27. The van der Waals surface area contributed by atoms with Crippen LogP contribution in [0.25, 0.3) is 10.4 Å². The van der Waals surface area contributed by atoms with Crippen molar-refractivity contribution in [2.24, 2.45) is 5.73 Å². The molecule has 3 rings (SSSR count). The van der Waals surface area contributed by atoms with Crippen LogP contribution in [0, 0.1) is 5.82 Å². The second-order valence-electron chi connectivity index (χ2n) is 5.54. The van der Waals surface area contributed by atoms with Crippen molar-refractivity contribution in [3.63, 3.8) is 0 Å². The predicted octanol–water partition coefficient (Wildman–Crippen LogP) is 3.98. The Bertz CT molecular complexity index is 708. The number of aromatic nitrogens is 1. The fourth-order valence-corrected chi connectivity index (χ4v) is 3.99. The molecule has 130 valence electrons. The second kappa shape index (κ2) is 8.25. The molecule has 1 atom stereocenters. The lowest BCUT2D eigenvalue weighted by Crippen LogP contribution is -2.47. The van der Waals surface area contributed by atoms with Crippen LogP contribution in [0.3, 0.4) is 0 Å². The van der Waals surface area contributed by atoms with Gasteiger partial charge in [0.05, 0.1) is 4.88 Å². The number of piperidine rings is 1. The monoisotopic (exact) mass is 389 g/mol. The third-order valence-electron chi connectivity index (χ3n) is 4.07. The maximum absolute atomic E-state index is 13.1. The van der Waals surface area contributed by atoms with Gasteiger partial charge in [-0.1, -0.05) is 23.7 Å². The number of carbonyl (C=O) groups excluding carboxylic acids is 1. The SMILES string of the molecule is Cl.NC[C@@H]1CCCCN1C(=O)c1nc(Cl)sc1-c1ccc(F)cc1. The number of halogens is 3. The molecule has 8 heteroatoms. The Hall–Kier alpha value is -1.21. The van der Waals surface area contributed by atoms with Crippen LogP contribution < -0.4 is 5.73 Å². The van der Waals surface area contributed by atoms with E-state index in [0.29, 0.717) is 28.1 Å². The molecule has 1 saturated heterocycles. The molecule has 0 radical (unpaired) electrons. The lowest BCUT2D eigenvalue weighted by Gasteiger charge is -2.34. The molecule has 4 nitrogen and oxygen atoms in total. The van der Waals surface area contributed by atoms with Crippen molar-refractivity contribution in [3.05, 3.63) is 40.2 Å². The van der Waals surface area contributed by atoms with Crippen molar-refractivity contribution in [2.45, 2.75) is 25.3 Å². The number of thiazole rings is 1. The number of hydrogen-bond acceptors (Lipinski definition) is 4. The van der Waals surface area contributed by atoms with Crippen molar-refractivity contribution >= 4 is 41.3 Å². The summed E-state index contributed by atoms with van der Waals surface area (Å²) in [5.74, 6) is -0.473. The van der Waals surface area contributed by atoms with E-state index in [1.54, 1.807) is 17.0 Å². The van der Waals surface area contributed by atoms with Gasteiger partial charge in [-0.05, 0) is 37.0 Å². The highest BCUT2D eigenvalue weighted by atomic mass is 35.5. The fraction of sp³-hybridized carbons (Fsp3) is 0.375. The van der Waals surface area contributed by atoms with Gasteiger partial charge < -0.3 is 10.6 Å². The Morgan fingerprint density at radius 2 is 2.08 bits per heavy atom. The zero-order chi connectivity index (χ0) is 16.4. The van der Waals surface area contributed by atoms with Crippen molar-refractivity contribution in [1.82, 2.24) is 9.88 Å². The van der Waals surface area contributed by atoms with Crippen molar-refractivity contribution in [1.29, 1.82) is 0 Å². The van der Waals surface area contributed by atoms with E-state index in [2.05, 4.69) is 4.98 Å². The zero-order valence-electron chi connectivity index (χ0n) is 12.9. The molecule has 2 heterocycles. The summed E-state index contributed by atoms with van der Waals surface area (Å²) in [6.45, 7) is 1.12. The molecule has 0 bridgehead atoms. The first-order valence-corrected chi connectivity index (χ1v) is 8.73. The van der Waals surface area contributed by atoms with E-state index in [-0.39, 0.29) is 30.2 Å². The fourth-order valence-electron chi connectivity index (χ4n) is 2.88. The van der Waals surface area contributed by atoms with Crippen LogP contribution in [-0.2, 0) is 0 Å². The molecule has 1 aromatic carbocycles. The molecule has 1 fully saturated rings. The number of hydrogen-bond donors (Lipinski definition) is 1. The third-order valence-corrected chi connectivity index (χ3v) is 5.28. The molecule has 24 heavy (non-hydrogen) atoms. The number of benzene rings is 1. The predicted molar refractivity (Wildman–Crippen MR) is 97.5 cm³/mol. The summed E-state index contributed by atoms with van der Waals surface area (Å²) in [5.41, 5.74) is 6.86. The summed E-state index contributed by atoms with van der Waals surface area (Å²) in [6, 6.07) is 6.03. The van der Waals surface area contributed by atoms with Crippen LogP contribution in [0.5, 0.6) is 0 Å². The maximum Gasteiger partial charge on any atom is 0.274 e. The van der Waals surface area contributed by atoms with E-state index < -0.39 is 0 Å². The van der Waals surface area contributed by atoms with E-state index >= 15 is 0 Å². The highest BCUT2D eigenvalue weighted by molar-refractivity contribution is 7.19. The van der Waals surface area contributed by atoms with Crippen LogP contribution in [0.1, 0.15) is 29.8 Å². The molecule has 2 aromatic rings. The first kappa shape index (κ1) is 19.1. The highest BCUT2D eigenvalue weighted by Crippen LogP contribution is 2.34. The molecule has 1 amide bonds. The topological polar surface area (TPSA) is 59.2 Å². The van der Waals surface area contributed by atoms with Gasteiger partial charge in [-0.25, -0.2) is 9.37 Å². The van der Waals surface area contributed by atoms with Crippen LogP contribution >= 0.6 is 35.3 Å². The molecular formula is C16H18Cl2FN3OS. The van der Waals surface area contributed by atoms with Crippen LogP contribution in [0.15, 0.2) is 24.3 Å². The number of amides is 1. The molecule has 1 aromatic heterocycles. The number of nitrogens with two attached hydrogens (primary N) is 1. The minimum Gasteiger partial charge on any atom is -0.333 e. The summed E-state index contributed by atoms with van der Waals surface area (Å²) in [5, 5.41) is 0. The molecule has 0 saturated carbocycles. The molecule has 0 unspecified atom stereocenters. The van der Waals surface area contributed by atoms with Gasteiger partial charge >= 0.3 is 0 Å². The lowest BCUT2D eigenvalue weighted by atomic mass is 10.0. The van der Waals surface area contributed by atoms with Crippen molar-refractivity contribution < 1.29 is 9.18 Å². The highest BCUT2D eigenvalue weighted by Gasteiger charge is 2.30. The number of carbonyl (C=O) groups is 1. The van der Waals surface area contributed by atoms with Gasteiger partial charge in [-0.15, -0.1) is 23.7 Å². The van der Waals surface area contributed by atoms with E-state index in [0.717, 1.165) is 24.8 Å². The smallest absolute Gasteiger partial charge is 0.274 e. The molecule has 1 aliphatic heterocycles. The van der Waals surface area contributed by atoms with E-state index in [1.807, 2.05) is 0 Å². The number of nitrogens with zero attached hydrogens (tertiary/aromatic N) is 2. The normalized spacial score (nSPS) is 17.5. The summed E-state index contributed by atoms with van der Waals surface area (Å²) in [4.78, 5) is 19.6. The molecule has 0 spiro atoms. The van der Waals surface area contributed by atoms with Crippen molar-refractivity contribution in [3.8, 4) is 10.4 Å². The van der Waals surface area contributed by atoms with E-state index in [1.165, 1.54) is 23.5 Å². The Morgan fingerprint density at radius 1 is 1.38 bits per heavy atom. The average Bonchev–Trinajstić information content (AvgIpc) is 2.96. The van der Waals surface area contributed by atoms with E-state index in [9.17, 15) is 9.18 Å². The quantitative estimate of drug-likeness (QED) is 0.863. The summed E-state index contributed by atoms with van der Waals surface area (Å²) in [7, 11) is 0. The first-order valence-electron chi connectivity index (χ1n) is 7.53. The Balaban J connectivity index is 0.00000208. The van der Waals surface area contributed by atoms with Crippen LogP contribution in [0.4, 0.5) is 4.39 Å². The van der Waals surface area contributed by atoms with Crippen molar-refractivity contribution in [2.75, 3.05) is 13.1 Å². The Labute approximate surface area is 155 Å². The van der Waals surface area contributed by atoms with E-state index in [4.69, 9.17) is 17.3 Å². The largest absolute Gasteiger partial charge is 0.333 e. The minimum absolute atomic E-state index is 0. The van der Waals surface area contributed by atoms with Crippen LogP contribution in [-0.4, -0.2) is 34.9 Å². The zero-order valence-corrected chi connectivity index (χ0v) is 15.3. The standard InChI is InChI=1S/C16H17ClFN3OS.ClH/c17-16-20-13(14(23-16)10-4-6-11(18)7-5-10)15(22)21-8-2-1-3-12(21)9-19;/h4-7,12H,1-3,8-9,19H2;1H/t12-;/m0./s1. The number of rotatable bonds is 3.